The van der Waals surface area contributed by atoms with Crippen molar-refractivity contribution in [2.45, 2.75) is 33.8 Å². The smallest absolute Gasteiger partial charge is 0.228 e. The highest BCUT2D eigenvalue weighted by atomic mass is 16.3. The van der Waals surface area contributed by atoms with Crippen molar-refractivity contribution < 1.29 is 9.90 Å². The van der Waals surface area contributed by atoms with E-state index in [9.17, 15) is 9.90 Å². The molecule has 3 nitrogen and oxygen atoms in total. The van der Waals surface area contributed by atoms with E-state index in [-0.39, 0.29) is 17.2 Å². The van der Waals surface area contributed by atoms with Crippen LogP contribution in [-0.4, -0.2) is 35.1 Å². The second-order valence-electron chi connectivity index (χ2n) is 4.57. The van der Waals surface area contributed by atoms with Crippen molar-refractivity contribution in [2.75, 3.05) is 13.1 Å². The van der Waals surface area contributed by atoms with Gasteiger partial charge in [0.2, 0.25) is 5.91 Å². The molecule has 3 heteroatoms. The van der Waals surface area contributed by atoms with Crippen LogP contribution in [0, 0.1) is 11.3 Å². The van der Waals surface area contributed by atoms with E-state index in [0.717, 1.165) is 6.54 Å². The van der Waals surface area contributed by atoms with Gasteiger partial charge in [-0.1, -0.05) is 20.8 Å². The third kappa shape index (κ3) is 1.70. The van der Waals surface area contributed by atoms with Gasteiger partial charge in [-0.25, -0.2) is 0 Å². The van der Waals surface area contributed by atoms with Crippen LogP contribution in [0.1, 0.15) is 27.7 Å². The molecule has 13 heavy (non-hydrogen) atoms. The van der Waals surface area contributed by atoms with E-state index >= 15 is 0 Å². The van der Waals surface area contributed by atoms with Crippen molar-refractivity contribution in [3.8, 4) is 0 Å². The van der Waals surface area contributed by atoms with Gasteiger partial charge in [0.1, 0.15) is 0 Å². The second-order valence-corrected chi connectivity index (χ2v) is 4.57. The molecule has 1 heterocycles. The molecule has 0 aliphatic carbocycles. The van der Waals surface area contributed by atoms with Crippen molar-refractivity contribution in [3.05, 3.63) is 0 Å². The van der Waals surface area contributed by atoms with Gasteiger partial charge < -0.3 is 10.0 Å². The lowest BCUT2D eigenvalue weighted by molar-refractivity contribution is -0.153. The third-order valence-electron chi connectivity index (χ3n) is 2.96. The summed E-state index contributed by atoms with van der Waals surface area (Å²) in [6.45, 7) is 9.18. The molecule has 1 N–H and O–H groups in total. The predicted molar refractivity (Wildman–Crippen MR) is 51.2 cm³/mol. The van der Waals surface area contributed by atoms with Gasteiger partial charge >= 0.3 is 0 Å². The molecule has 1 amide bonds. The largest absolute Gasteiger partial charge is 0.392 e. The molecule has 0 radical (unpaired) electrons. The molecule has 76 valence electrons. The number of hydrogen-bond acceptors (Lipinski definition) is 2. The highest BCUT2D eigenvalue weighted by Gasteiger charge is 2.43. The SMILES string of the molecule is CCN1CC(C)(C)[C@H](O)[C@H](C)C1=O. The lowest BCUT2D eigenvalue weighted by Crippen LogP contribution is -2.56. The molecule has 1 fully saturated rings. The number of carbonyl (C=O) groups excluding carboxylic acids is 1. The number of carbonyl (C=O) groups is 1. The minimum Gasteiger partial charge on any atom is -0.392 e. The van der Waals surface area contributed by atoms with Gasteiger partial charge in [0, 0.05) is 18.5 Å². The average molecular weight is 185 g/mol. The highest BCUT2D eigenvalue weighted by Crippen LogP contribution is 2.32. The van der Waals surface area contributed by atoms with E-state index in [2.05, 4.69) is 0 Å². The molecule has 1 rings (SSSR count). The molecule has 0 bridgehead atoms. The fourth-order valence-electron chi connectivity index (χ4n) is 2.03. The maximum Gasteiger partial charge on any atom is 0.228 e. The van der Waals surface area contributed by atoms with Gasteiger partial charge in [-0.05, 0) is 6.92 Å². The quantitative estimate of drug-likeness (QED) is 0.658. The number of piperidine rings is 1. The van der Waals surface area contributed by atoms with Crippen LogP contribution < -0.4 is 0 Å². The average Bonchev–Trinajstić information content (AvgIpc) is 2.08. The molecule has 1 aliphatic rings. The fraction of sp³-hybridized carbons (Fsp3) is 0.900. The van der Waals surface area contributed by atoms with Gasteiger partial charge in [-0.3, -0.25) is 4.79 Å². The summed E-state index contributed by atoms with van der Waals surface area (Å²) in [7, 11) is 0. The Morgan fingerprint density at radius 1 is 1.62 bits per heavy atom. The molecule has 0 aromatic carbocycles. The lowest BCUT2D eigenvalue weighted by atomic mass is 9.76. The Hall–Kier alpha value is -0.570. The first kappa shape index (κ1) is 10.5. The zero-order valence-electron chi connectivity index (χ0n) is 8.87. The maximum absolute atomic E-state index is 11.6. The van der Waals surface area contributed by atoms with Crippen molar-refractivity contribution in [1.82, 2.24) is 4.90 Å². The Balaban J connectivity index is 2.85. The third-order valence-corrected chi connectivity index (χ3v) is 2.96. The van der Waals surface area contributed by atoms with Crippen molar-refractivity contribution in [2.24, 2.45) is 11.3 Å². The minimum atomic E-state index is -0.511. The molecule has 1 aliphatic heterocycles. The second kappa shape index (κ2) is 3.29. The van der Waals surface area contributed by atoms with Crippen LogP contribution in [0.5, 0.6) is 0 Å². The summed E-state index contributed by atoms with van der Waals surface area (Å²) in [6, 6.07) is 0. The Labute approximate surface area is 79.7 Å². The van der Waals surface area contributed by atoms with Gasteiger partial charge in [-0.15, -0.1) is 0 Å². The summed E-state index contributed by atoms with van der Waals surface area (Å²) in [6.07, 6.45) is -0.511. The fourth-order valence-corrected chi connectivity index (χ4v) is 2.03. The summed E-state index contributed by atoms with van der Waals surface area (Å²) < 4.78 is 0. The van der Waals surface area contributed by atoms with E-state index in [1.807, 2.05) is 25.7 Å². The van der Waals surface area contributed by atoms with Crippen LogP contribution in [-0.2, 0) is 4.79 Å². The van der Waals surface area contributed by atoms with Crippen LogP contribution in [0.25, 0.3) is 0 Å². The minimum absolute atomic E-state index is 0.0781. The number of nitrogens with zero attached hydrogens (tertiary/aromatic N) is 1. The summed E-state index contributed by atoms with van der Waals surface area (Å²) in [5.74, 6) is -0.182. The maximum atomic E-state index is 11.6. The monoisotopic (exact) mass is 185 g/mol. The van der Waals surface area contributed by atoms with Gasteiger partial charge in [0.25, 0.3) is 0 Å². The number of aliphatic hydroxyl groups is 1. The number of rotatable bonds is 1. The van der Waals surface area contributed by atoms with Crippen LogP contribution in [0.3, 0.4) is 0 Å². The molecule has 0 aromatic heterocycles. The first-order chi connectivity index (χ1) is 5.90. The first-order valence-electron chi connectivity index (χ1n) is 4.87. The Morgan fingerprint density at radius 3 is 2.62 bits per heavy atom. The number of likely N-dealkylation sites (tertiary alicyclic amines) is 1. The summed E-state index contributed by atoms with van der Waals surface area (Å²) in [4.78, 5) is 13.4. The van der Waals surface area contributed by atoms with E-state index < -0.39 is 6.10 Å². The zero-order valence-corrected chi connectivity index (χ0v) is 8.87. The van der Waals surface area contributed by atoms with Crippen LogP contribution in [0.2, 0.25) is 0 Å². The molecule has 0 saturated carbocycles. The number of aliphatic hydroxyl groups excluding tert-OH is 1. The van der Waals surface area contributed by atoms with Crippen molar-refractivity contribution in [3.63, 3.8) is 0 Å². The standard InChI is InChI=1S/C10H19NO2/c1-5-11-6-10(3,4)8(12)7(2)9(11)13/h7-8,12H,5-6H2,1-4H3/t7-,8+/m0/s1. The molecule has 0 aromatic rings. The van der Waals surface area contributed by atoms with Gasteiger partial charge in [-0.2, -0.15) is 0 Å². The Morgan fingerprint density at radius 2 is 2.15 bits per heavy atom. The molecular formula is C10H19NO2. The van der Waals surface area contributed by atoms with Gasteiger partial charge in [0.05, 0.1) is 12.0 Å². The van der Waals surface area contributed by atoms with Crippen molar-refractivity contribution in [1.29, 1.82) is 0 Å². The predicted octanol–water partition coefficient (Wildman–Crippen LogP) is 0.872. The van der Waals surface area contributed by atoms with E-state index in [0.29, 0.717) is 6.54 Å². The Bertz CT molecular complexity index is 209. The van der Waals surface area contributed by atoms with Gasteiger partial charge in [0.15, 0.2) is 0 Å². The molecule has 1 saturated heterocycles. The highest BCUT2D eigenvalue weighted by molar-refractivity contribution is 5.80. The van der Waals surface area contributed by atoms with E-state index in [1.165, 1.54) is 0 Å². The normalized spacial score (nSPS) is 33.6. The van der Waals surface area contributed by atoms with E-state index in [1.54, 1.807) is 6.92 Å². The summed E-state index contributed by atoms with van der Waals surface area (Å²) >= 11 is 0. The molecule has 0 spiro atoms. The lowest BCUT2D eigenvalue weighted by Gasteiger charge is -2.44. The topological polar surface area (TPSA) is 40.5 Å². The summed E-state index contributed by atoms with van der Waals surface area (Å²) in [5, 5.41) is 9.84. The van der Waals surface area contributed by atoms with Crippen LogP contribution in [0.15, 0.2) is 0 Å². The van der Waals surface area contributed by atoms with E-state index in [4.69, 9.17) is 0 Å². The Kier molecular flexibility index (Phi) is 2.66. The summed E-state index contributed by atoms with van der Waals surface area (Å²) in [5.41, 5.74) is -0.177. The molecular weight excluding hydrogens is 166 g/mol. The zero-order chi connectivity index (χ0) is 10.2. The number of hydrogen-bond donors (Lipinski definition) is 1. The molecule has 2 atom stereocenters. The van der Waals surface area contributed by atoms with Crippen molar-refractivity contribution >= 4 is 5.91 Å². The van der Waals surface area contributed by atoms with Crippen LogP contribution in [0.4, 0.5) is 0 Å². The number of amides is 1. The first-order valence-corrected chi connectivity index (χ1v) is 4.87. The van der Waals surface area contributed by atoms with Crippen LogP contribution >= 0.6 is 0 Å². The molecule has 0 unspecified atom stereocenters.